The number of carbonyl (C=O) groups is 2. The summed E-state index contributed by atoms with van der Waals surface area (Å²) in [6, 6.07) is 2.63. The lowest BCUT2D eigenvalue weighted by Crippen LogP contribution is -2.38. The summed E-state index contributed by atoms with van der Waals surface area (Å²) in [7, 11) is 0. The van der Waals surface area contributed by atoms with E-state index in [0.717, 1.165) is 0 Å². The number of carboxylic acid groups (broad SMARTS) is 1. The Morgan fingerprint density at radius 3 is 2.67 bits per heavy atom. The number of rotatable bonds is 2. The van der Waals surface area contributed by atoms with E-state index in [1.165, 1.54) is 17.0 Å². The van der Waals surface area contributed by atoms with Gasteiger partial charge in [-0.05, 0) is 25.5 Å². The van der Waals surface area contributed by atoms with Gasteiger partial charge in [0, 0.05) is 12.6 Å². The molecule has 1 aromatic rings. The van der Waals surface area contributed by atoms with Crippen molar-refractivity contribution in [2.75, 3.05) is 6.54 Å². The molecule has 1 saturated heterocycles. The summed E-state index contributed by atoms with van der Waals surface area (Å²) in [5.41, 5.74) is 0.178. The summed E-state index contributed by atoms with van der Waals surface area (Å²) in [4.78, 5) is 24.6. The van der Waals surface area contributed by atoms with Crippen LogP contribution in [-0.2, 0) is 4.79 Å². The highest BCUT2D eigenvalue weighted by atomic mass is 35.5. The van der Waals surface area contributed by atoms with E-state index in [0.29, 0.717) is 13.0 Å². The molecule has 2 heterocycles. The van der Waals surface area contributed by atoms with Crippen LogP contribution < -0.4 is 0 Å². The Kier molecular flexibility index (Phi) is 3.47. The number of aliphatic carboxylic acids is 1. The summed E-state index contributed by atoms with van der Waals surface area (Å²) in [6.45, 7) is 2.15. The van der Waals surface area contributed by atoms with Crippen molar-refractivity contribution in [3.63, 3.8) is 0 Å². The molecular formula is C11H12ClN3O3. The maximum absolute atomic E-state index is 12.1. The number of likely N-dealkylation sites (tertiary alicyclic amines) is 1. The summed E-state index contributed by atoms with van der Waals surface area (Å²) < 4.78 is 0. The van der Waals surface area contributed by atoms with E-state index in [1.807, 2.05) is 0 Å². The van der Waals surface area contributed by atoms with E-state index >= 15 is 0 Å². The summed E-state index contributed by atoms with van der Waals surface area (Å²) in [5.74, 6) is -1.70. The third-order valence-electron chi connectivity index (χ3n) is 3.18. The van der Waals surface area contributed by atoms with Gasteiger partial charge in [-0.25, -0.2) is 0 Å². The maximum Gasteiger partial charge on any atom is 0.308 e. The van der Waals surface area contributed by atoms with Crippen LogP contribution in [0.25, 0.3) is 0 Å². The molecule has 7 heteroatoms. The van der Waals surface area contributed by atoms with Crippen LogP contribution in [0.1, 0.15) is 23.8 Å². The van der Waals surface area contributed by atoms with Crippen molar-refractivity contribution in [3.8, 4) is 0 Å². The standard InChI is InChI=1S/C11H12ClN3O3/c1-6-7(11(17)18)4-5-15(6)10(16)8-2-3-9(12)14-13-8/h2-3,6-7H,4-5H2,1H3,(H,17,18). The Labute approximate surface area is 109 Å². The number of hydrogen-bond acceptors (Lipinski definition) is 4. The molecule has 1 aromatic heterocycles. The van der Waals surface area contributed by atoms with Crippen LogP contribution in [-0.4, -0.2) is 44.7 Å². The van der Waals surface area contributed by atoms with Crippen LogP contribution >= 0.6 is 11.6 Å². The quantitative estimate of drug-likeness (QED) is 0.868. The maximum atomic E-state index is 12.1. The molecule has 0 aromatic carbocycles. The van der Waals surface area contributed by atoms with E-state index in [4.69, 9.17) is 16.7 Å². The second kappa shape index (κ2) is 4.89. The molecule has 1 N–H and O–H groups in total. The first-order chi connectivity index (χ1) is 8.50. The average molecular weight is 270 g/mol. The minimum absolute atomic E-state index is 0.178. The van der Waals surface area contributed by atoms with Gasteiger partial charge in [0.05, 0.1) is 5.92 Å². The number of nitrogens with zero attached hydrogens (tertiary/aromatic N) is 3. The predicted octanol–water partition coefficient (Wildman–Crippen LogP) is 1.07. The van der Waals surface area contributed by atoms with Crippen molar-refractivity contribution in [1.29, 1.82) is 0 Å². The normalized spacial score (nSPS) is 23.1. The molecule has 2 atom stereocenters. The number of hydrogen-bond donors (Lipinski definition) is 1. The third-order valence-corrected chi connectivity index (χ3v) is 3.39. The predicted molar refractivity (Wildman–Crippen MR) is 63.3 cm³/mol. The van der Waals surface area contributed by atoms with Crippen molar-refractivity contribution < 1.29 is 14.7 Å². The minimum Gasteiger partial charge on any atom is -0.481 e. The number of halogens is 1. The molecule has 0 spiro atoms. The first-order valence-corrected chi connectivity index (χ1v) is 5.91. The Morgan fingerprint density at radius 1 is 1.44 bits per heavy atom. The second-order valence-electron chi connectivity index (χ2n) is 4.21. The van der Waals surface area contributed by atoms with Gasteiger partial charge in [0.15, 0.2) is 10.8 Å². The minimum atomic E-state index is -0.875. The topological polar surface area (TPSA) is 83.4 Å². The van der Waals surface area contributed by atoms with Gasteiger partial charge in [0.25, 0.3) is 5.91 Å². The van der Waals surface area contributed by atoms with E-state index in [2.05, 4.69) is 10.2 Å². The van der Waals surface area contributed by atoms with Gasteiger partial charge < -0.3 is 10.0 Å². The lowest BCUT2D eigenvalue weighted by atomic mass is 10.0. The van der Waals surface area contributed by atoms with E-state index in [1.54, 1.807) is 6.92 Å². The Bertz CT molecular complexity index is 477. The Balaban J connectivity index is 2.15. The molecule has 96 valence electrons. The molecule has 2 rings (SSSR count). The smallest absolute Gasteiger partial charge is 0.308 e. The van der Waals surface area contributed by atoms with Crippen LogP contribution in [0.2, 0.25) is 5.15 Å². The zero-order valence-corrected chi connectivity index (χ0v) is 10.5. The van der Waals surface area contributed by atoms with Crippen LogP contribution in [0, 0.1) is 5.92 Å². The van der Waals surface area contributed by atoms with Gasteiger partial charge >= 0.3 is 5.97 Å². The van der Waals surface area contributed by atoms with Crippen molar-refractivity contribution in [2.24, 2.45) is 5.92 Å². The third kappa shape index (κ3) is 2.28. The van der Waals surface area contributed by atoms with Gasteiger partial charge in [-0.3, -0.25) is 9.59 Å². The van der Waals surface area contributed by atoms with Crippen LogP contribution in [0.3, 0.4) is 0 Å². The molecule has 0 saturated carbocycles. The number of carboxylic acids is 1. The highest BCUT2D eigenvalue weighted by Crippen LogP contribution is 2.25. The molecule has 1 amide bonds. The highest BCUT2D eigenvalue weighted by molar-refractivity contribution is 6.29. The van der Waals surface area contributed by atoms with E-state index in [-0.39, 0.29) is 22.8 Å². The average Bonchev–Trinajstić information content (AvgIpc) is 2.71. The van der Waals surface area contributed by atoms with E-state index < -0.39 is 11.9 Å². The molecule has 0 bridgehead atoms. The van der Waals surface area contributed by atoms with Crippen molar-refractivity contribution >= 4 is 23.5 Å². The van der Waals surface area contributed by atoms with Crippen LogP contribution in [0.5, 0.6) is 0 Å². The van der Waals surface area contributed by atoms with Crippen molar-refractivity contribution in [2.45, 2.75) is 19.4 Å². The van der Waals surface area contributed by atoms with Gasteiger partial charge in [0.2, 0.25) is 0 Å². The van der Waals surface area contributed by atoms with Gasteiger partial charge in [0.1, 0.15) is 0 Å². The Morgan fingerprint density at radius 2 is 2.17 bits per heavy atom. The number of aromatic nitrogens is 2. The van der Waals surface area contributed by atoms with Gasteiger partial charge in [-0.1, -0.05) is 11.6 Å². The highest BCUT2D eigenvalue weighted by Gasteiger charge is 2.38. The molecule has 2 unspecified atom stereocenters. The van der Waals surface area contributed by atoms with Crippen molar-refractivity contribution in [1.82, 2.24) is 15.1 Å². The monoisotopic (exact) mass is 269 g/mol. The number of carbonyl (C=O) groups excluding carboxylic acids is 1. The van der Waals surface area contributed by atoms with Gasteiger partial charge in [-0.15, -0.1) is 10.2 Å². The Hall–Kier alpha value is -1.69. The largest absolute Gasteiger partial charge is 0.481 e. The molecular weight excluding hydrogens is 258 g/mol. The van der Waals surface area contributed by atoms with Crippen LogP contribution in [0.4, 0.5) is 0 Å². The van der Waals surface area contributed by atoms with Crippen LogP contribution in [0.15, 0.2) is 12.1 Å². The fourth-order valence-corrected chi connectivity index (χ4v) is 2.23. The molecule has 0 aliphatic carbocycles. The summed E-state index contributed by atoms with van der Waals surface area (Å²) in [5, 5.41) is 16.5. The first-order valence-electron chi connectivity index (χ1n) is 5.53. The fraction of sp³-hybridized carbons (Fsp3) is 0.455. The van der Waals surface area contributed by atoms with Crippen molar-refractivity contribution in [3.05, 3.63) is 23.0 Å². The van der Waals surface area contributed by atoms with E-state index in [9.17, 15) is 9.59 Å². The van der Waals surface area contributed by atoms with Gasteiger partial charge in [-0.2, -0.15) is 0 Å². The lowest BCUT2D eigenvalue weighted by molar-refractivity contribution is -0.142. The fourth-order valence-electron chi connectivity index (χ4n) is 2.13. The zero-order valence-electron chi connectivity index (χ0n) is 9.71. The molecule has 18 heavy (non-hydrogen) atoms. The second-order valence-corrected chi connectivity index (χ2v) is 4.60. The molecule has 6 nitrogen and oxygen atoms in total. The summed E-state index contributed by atoms with van der Waals surface area (Å²) in [6.07, 6.45) is 0.462. The molecule has 0 radical (unpaired) electrons. The zero-order chi connectivity index (χ0) is 13.3. The lowest BCUT2D eigenvalue weighted by Gasteiger charge is -2.22. The number of amides is 1. The molecule has 1 aliphatic rings. The first kappa shape index (κ1) is 12.8. The molecule has 1 fully saturated rings. The SMILES string of the molecule is CC1C(C(=O)O)CCN1C(=O)c1ccc(Cl)nn1. The molecule has 1 aliphatic heterocycles. The summed E-state index contributed by atoms with van der Waals surface area (Å²) >= 11 is 5.59.